The molecule has 0 aromatic carbocycles. The van der Waals surface area contributed by atoms with Gasteiger partial charge in [-0.05, 0) is 49.3 Å². The quantitative estimate of drug-likeness (QED) is 0.452. The van der Waals surface area contributed by atoms with E-state index in [0.29, 0.717) is 42.0 Å². The Hall–Kier alpha value is -2.30. The number of nitrogen functional groups attached to an aromatic ring is 1. The highest BCUT2D eigenvalue weighted by atomic mass is 35.5. The molecule has 154 valence electrons. The van der Waals surface area contributed by atoms with Gasteiger partial charge < -0.3 is 19.8 Å². The first-order valence-electron chi connectivity index (χ1n) is 10.1. The minimum atomic E-state index is -0.939. The zero-order valence-electron chi connectivity index (χ0n) is 16.3. The summed E-state index contributed by atoms with van der Waals surface area (Å²) in [6.45, 7) is 0.0582. The first kappa shape index (κ1) is 20.0. The van der Waals surface area contributed by atoms with E-state index < -0.39 is 5.60 Å². The van der Waals surface area contributed by atoms with E-state index in [1.807, 2.05) is 16.8 Å². The van der Waals surface area contributed by atoms with E-state index in [2.05, 4.69) is 15.9 Å². The molecule has 0 spiro atoms. The Balaban J connectivity index is 1.41. The van der Waals surface area contributed by atoms with Crippen LogP contribution in [0.5, 0.6) is 0 Å². The lowest BCUT2D eigenvalue weighted by molar-refractivity contribution is -0.153. The summed E-state index contributed by atoms with van der Waals surface area (Å²) in [5.41, 5.74) is 5.58. The van der Waals surface area contributed by atoms with Gasteiger partial charge in [0.05, 0.1) is 5.39 Å². The molecule has 8 heteroatoms. The number of esters is 1. The minimum Gasteiger partial charge on any atom is -0.462 e. The maximum Gasteiger partial charge on any atom is 0.306 e. The number of carbonyl (C=O) groups is 1. The van der Waals surface area contributed by atoms with Crippen LogP contribution in [-0.4, -0.2) is 32.7 Å². The van der Waals surface area contributed by atoms with Crippen LogP contribution in [0.1, 0.15) is 57.6 Å². The second kappa shape index (κ2) is 8.21. The van der Waals surface area contributed by atoms with Crippen molar-refractivity contribution in [3.63, 3.8) is 0 Å². The highest BCUT2D eigenvalue weighted by Gasteiger charge is 2.41. The van der Waals surface area contributed by atoms with Gasteiger partial charge in [0.25, 0.3) is 0 Å². The number of hydrogen-bond acceptors (Lipinski definition) is 6. The van der Waals surface area contributed by atoms with E-state index in [4.69, 9.17) is 33.2 Å². The number of anilines is 1. The Labute approximate surface area is 174 Å². The number of rotatable bonds is 5. The first-order chi connectivity index (χ1) is 14.0. The van der Waals surface area contributed by atoms with Gasteiger partial charge in [-0.1, -0.05) is 25.2 Å². The lowest BCUT2D eigenvalue weighted by atomic mass is 9.87. The smallest absolute Gasteiger partial charge is 0.306 e. The van der Waals surface area contributed by atoms with E-state index in [9.17, 15) is 4.79 Å². The van der Waals surface area contributed by atoms with Crippen LogP contribution in [0.4, 0.5) is 5.82 Å². The molecule has 2 aliphatic rings. The molecule has 0 amide bonds. The summed E-state index contributed by atoms with van der Waals surface area (Å²) in [6, 6.07) is 1.82. The first-order valence-corrected chi connectivity index (χ1v) is 10.5. The molecule has 1 aliphatic heterocycles. The molecular formula is C21H25ClN4O3. The lowest BCUT2D eigenvalue weighted by Gasteiger charge is -2.25. The van der Waals surface area contributed by atoms with Crippen LogP contribution in [0, 0.1) is 18.3 Å². The van der Waals surface area contributed by atoms with E-state index in [1.54, 1.807) is 0 Å². The molecule has 0 bridgehead atoms. The monoisotopic (exact) mass is 416 g/mol. The third-order valence-corrected chi connectivity index (χ3v) is 6.12. The lowest BCUT2D eigenvalue weighted by Crippen LogP contribution is -2.34. The van der Waals surface area contributed by atoms with Gasteiger partial charge in [-0.2, -0.15) is 4.98 Å². The average molecular weight is 417 g/mol. The predicted molar refractivity (Wildman–Crippen MR) is 110 cm³/mol. The third-order valence-electron chi connectivity index (χ3n) is 5.95. The van der Waals surface area contributed by atoms with Gasteiger partial charge in [0.2, 0.25) is 5.28 Å². The largest absolute Gasteiger partial charge is 0.462 e. The van der Waals surface area contributed by atoms with Gasteiger partial charge in [0.15, 0.2) is 5.60 Å². The van der Waals surface area contributed by atoms with Gasteiger partial charge in [0, 0.05) is 12.6 Å². The molecule has 7 nitrogen and oxygen atoms in total. The number of terminal acetylenes is 1. The van der Waals surface area contributed by atoms with Gasteiger partial charge >= 0.3 is 5.97 Å². The Morgan fingerprint density at radius 1 is 1.38 bits per heavy atom. The van der Waals surface area contributed by atoms with Crippen LogP contribution in [-0.2, 0) is 14.3 Å². The molecule has 4 rings (SSSR count). The molecule has 2 atom stereocenters. The summed E-state index contributed by atoms with van der Waals surface area (Å²) in [5, 5.41) is 0.780. The number of halogens is 1. The molecule has 2 aromatic rings. The highest BCUT2D eigenvalue weighted by Crippen LogP contribution is 2.38. The maximum absolute atomic E-state index is 12.3. The van der Waals surface area contributed by atoms with Crippen molar-refractivity contribution in [3.8, 4) is 12.3 Å². The molecule has 3 heterocycles. The van der Waals surface area contributed by atoms with E-state index in [1.165, 1.54) is 19.3 Å². The molecule has 2 fully saturated rings. The number of carbonyl (C=O) groups excluding carboxylic acids is 1. The fourth-order valence-electron chi connectivity index (χ4n) is 4.33. The Morgan fingerprint density at radius 2 is 2.17 bits per heavy atom. The molecule has 0 unspecified atom stereocenters. The summed E-state index contributed by atoms with van der Waals surface area (Å²) >= 11 is 5.96. The van der Waals surface area contributed by atoms with Crippen molar-refractivity contribution >= 4 is 34.4 Å². The van der Waals surface area contributed by atoms with Crippen LogP contribution in [0.15, 0.2) is 12.3 Å². The molecule has 2 N–H and O–H groups in total. The average Bonchev–Trinajstić information content (AvgIpc) is 3.32. The SMILES string of the molecule is C#C[C@@]1(COC(=O)CC2CCCCC2)CC[C@H](n2ccc3c(N)nc(Cl)nc32)O1. The van der Waals surface area contributed by atoms with Crippen molar-refractivity contribution in [1.29, 1.82) is 0 Å². The van der Waals surface area contributed by atoms with Crippen molar-refractivity contribution in [3.05, 3.63) is 17.5 Å². The fourth-order valence-corrected chi connectivity index (χ4v) is 4.50. The van der Waals surface area contributed by atoms with Crippen LogP contribution in [0.25, 0.3) is 11.0 Å². The fraction of sp³-hybridized carbons (Fsp3) is 0.571. The Kier molecular flexibility index (Phi) is 5.66. The number of fused-ring (bicyclic) bond motifs is 1. The highest BCUT2D eigenvalue weighted by molar-refractivity contribution is 6.28. The van der Waals surface area contributed by atoms with Crippen molar-refractivity contribution in [2.45, 2.75) is 63.2 Å². The number of aromatic nitrogens is 3. The maximum atomic E-state index is 12.3. The third kappa shape index (κ3) is 4.19. The van der Waals surface area contributed by atoms with Gasteiger partial charge in [-0.25, -0.2) is 4.98 Å². The van der Waals surface area contributed by atoms with E-state index in [-0.39, 0.29) is 24.1 Å². The van der Waals surface area contributed by atoms with Crippen LogP contribution >= 0.6 is 11.6 Å². The molecule has 29 heavy (non-hydrogen) atoms. The van der Waals surface area contributed by atoms with Crippen LogP contribution < -0.4 is 5.73 Å². The van der Waals surface area contributed by atoms with Gasteiger partial charge in [-0.3, -0.25) is 4.79 Å². The molecule has 0 radical (unpaired) electrons. The van der Waals surface area contributed by atoms with Crippen molar-refractivity contribution < 1.29 is 14.3 Å². The van der Waals surface area contributed by atoms with Crippen LogP contribution in [0.3, 0.4) is 0 Å². The Bertz CT molecular complexity index is 947. The number of ether oxygens (including phenoxy) is 2. The summed E-state index contributed by atoms with van der Waals surface area (Å²) in [4.78, 5) is 20.5. The number of nitrogens with zero attached hydrogens (tertiary/aromatic N) is 3. The standard InChI is InChI=1S/C21H25ClN4O3/c1-2-21(13-28-17(27)12-14-6-4-3-5-7-14)10-8-16(29-21)26-11-9-15-18(23)24-20(22)25-19(15)26/h1,9,11,14,16H,3-8,10,12-13H2,(H2,23,24,25)/t16-,21+/m1/s1. The summed E-state index contributed by atoms with van der Waals surface area (Å²) in [5.74, 6) is 3.25. The predicted octanol–water partition coefficient (Wildman–Crippen LogP) is 3.86. The second-order valence-corrected chi connectivity index (χ2v) is 8.29. The molecule has 2 aromatic heterocycles. The second-order valence-electron chi connectivity index (χ2n) is 7.96. The van der Waals surface area contributed by atoms with Gasteiger partial charge in [0.1, 0.15) is 24.3 Å². The Morgan fingerprint density at radius 3 is 2.93 bits per heavy atom. The van der Waals surface area contributed by atoms with E-state index in [0.717, 1.165) is 12.8 Å². The van der Waals surface area contributed by atoms with Crippen LogP contribution in [0.2, 0.25) is 5.28 Å². The van der Waals surface area contributed by atoms with E-state index >= 15 is 0 Å². The number of nitrogens with two attached hydrogens (primary N) is 1. The molecule has 1 aliphatic carbocycles. The minimum absolute atomic E-state index is 0.0582. The summed E-state index contributed by atoms with van der Waals surface area (Å²) < 4.78 is 13.6. The molecule has 1 saturated carbocycles. The summed E-state index contributed by atoms with van der Waals surface area (Å²) in [6.07, 6.45) is 14.8. The van der Waals surface area contributed by atoms with Crippen molar-refractivity contribution in [1.82, 2.24) is 14.5 Å². The zero-order chi connectivity index (χ0) is 20.4. The molecular weight excluding hydrogens is 392 g/mol. The topological polar surface area (TPSA) is 92.3 Å². The van der Waals surface area contributed by atoms with Crippen molar-refractivity contribution in [2.75, 3.05) is 12.3 Å². The number of hydrogen-bond donors (Lipinski definition) is 1. The van der Waals surface area contributed by atoms with Gasteiger partial charge in [-0.15, -0.1) is 6.42 Å². The zero-order valence-corrected chi connectivity index (χ0v) is 17.0. The van der Waals surface area contributed by atoms with Crippen molar-refractivity contribution in [2.24, 2.45) is 5.92 Å². The molecule has 1 saturated heterocycles. The summed E-state index contributed by atoms with van der Waals surface area (Å²) in [7, 11) is 0. The normalized spacial score (nSPS) is 25.2.